The van der Waals surface area contributed by atoms with Crippen LogP contribution in [0.3, 0.4) is 0 Å². The molecule has 0 aliphatic heterocycles. The average Bonchev–Trinajstić information content (AvgIpc) is 2.25. The summed E-state index contributed by atoms with van der Waals surface area (Å²) in [5.41, 5.74) is -4.16. The first-order chi connectivity index (χ1) is 7.81. The number of nitrogens with zero attached hydrogens (tertiary/aromatic N) is 2. The standard InChI is InChI=1S/C9H4ClF5N2/c10-2-4-1-5(8(11)12)6(3-16)7(17-4)9(13,14)15/h1,8H,2H2. The first-order valence-corrected chi connectivity index (χ1v) is 4.70. The number of aromatic nitrogens is 1. The Kier molecular flexibility index (Phi) is 3.88. The third kappa shape index (κ3) is 2.82. The van der Waals surface area contributed by atoms with Gasteiger partial charge >= 0.3 is 6.18 Å². The number of nitriles is 1. The topological polar surface area (TPSA) is 36.7 Å². The van der Waals surface area contributed by atoms with Crippen molar-refractivity contribution in [3.05, 3.63) is 28.6 Å². The molecule has 0 amide bonds. The van der Waals surface area contributed by atoms with Crippen molar-refractivity contribution < 1.29 is 22.0 Å². The van der Waals surface area contributed by atoms with Crippen molar-refractivity contribution in [2.45, 2.75) is 18.5 Å². The number of alkyl halides is 6. The highest BCUT2D eigenvalue weighted by Crippen LogP contribution is 2.35. The summed E-state index contributed by atoms with van der Waals surface area (Å²) in [4.78, 5) is 3.06. The van der Waals surface area contributed by atoms with Gasteiger partial charge in [0.05, 0.1) is 17.1 Å². The number of hydrogen-bond acceptors (Lipinski definition) is 2. The molecule has 0 spiro atoms. The maximum Gasteiger partial charge on any atom is 0.434 e. The van der Waals surface area contributed by atoms with Gasteiger partial charge in [0.2, 0.25) is 0 Å². The van der Waals surface area contributed by atoms with E-state index in [0.717, 1.165) is 6.07 Å². The minimum atomic E-state index is -4.98. The second kappa shape index (κ2) is 4.84. The van der Waals surface area contributed by atoms with Gasteiger partial charge in [-0.25, -0.2) is 13.8 Å². The quantitative estimate of drug-likeness (QED) is 0.607. The molecule has 0 fully saturated rings. The van der Waals surface area contributed by atoms with Crippen LogP contribution in [0.4, 0.5) is 22.0 Å². The summed E-state index contributed by atoms with van der Waals surface area (Å²) < 4.78 is 62.5. The molecule has 0 aromatic carbocycles. The molecule has 1 aromatic rings. The van der Waals surface area contributed by atoms with Crippen molar-refractivity contribution in [3.8, 4) is 6.07 Å². The second-order valence-corrected chi connectivity index (χ2v) is 3.24. The first-order valence-electron chi connectivity index (χ1n) is 4.16. The Morgan fingerprint density at radius 1 is 1.41 bits per heavy atom. The number of hydrogen-bond donors (Lipinski definition) is 0. The SMILES string of the molecule is N#Cc1c(C(F)F)cc(CCl)nc1C(F)(F)F. The van der Waals surface area contributed by atoms with Crippen molar-refractivity contribution in [2.24, 2.45) is 0 Å². The molecule has 0 atom stereocenters. The molecule has 0 N–H and O–H groups in total. The van der Waals surface area contributed by atoms with Crippen LogP contribution in [0, 0.1) is 11.3 Å². The number of halogens is 6. The molecule has 0 aliphatic carbocycles. The molecule has 0 unspecified atom stereocenters. The largest absolute Gasteiger partial charge is 0.434 e. The van der Waals surface area contributed by atoms with E-state index in [1.807, 2.05) is 0 Å². The maximum atomic E-state index is 12.5. The molecule has 0 bridgehead atoms. The molecule has 0 saturated heterocycles. The van der Waals surface area contributed by atoms with Crippen molar-refractivity contribution in [3.63, 3.8) is 0 Å². The monoisotopic (exact) mass is 270 g/mol. The Bertz CT molecular complexity index is 464. The maximum absolute atomic E-state index is 12.5. The van der Waals surface area contributed by atoms with E-state index in [2.05, 4.69) is 4.98 Å². The predicted octanol–water partition coefficient (Wildman–Crippen LogP) is 3.65. The Balaban J connectivity index is 3.58. The third-order valence-electron chi connectivity index (χ3n) is 1.86. The molecule has 1 heterocycles. The van der Waals surface area contributed by atoms with Gasteiger partial charge in [0, 0.05) is 5.56 Å². The first kappa shape index (κ1) is 13.6. The average molecular weight is 271 g/mol. The van der Waals surface area contributed by atoms with E-state index in [0.29, 0.717) is 6.07 Å². The van der Waals surface area contributed by atoms with Crippen LogP contribution >= 0.6 is 11.6 Å². The molecule has 8 heteroatoms. The molecule has 1 aromatic heterocycles. The normalized spacial score (nSPS) is 11.6. The van der Waals surface area contributed by atoms with Crippen LogP contribution in [0.15, 0.2) is 6.07 Å². The molecule has 92 valence electrons. The molecular weight excluding hydrogens is 267 g/mol. The highest BCUT2D eigenvalue weighted by Gasteiger charge is 2.38. The van der Waals surface area contributed by atoms with Gasteiger partial charge in [-0.15, -0.1) is 11.6 Å². The van der Waals surface area contributed by atoms with Gasteiger partial charge in [0.15, 0.2) is 5.69 Å². The van der Waals surface area contributed by atoms with Gasteiger partial charge in [-0.2, -0.15) is 18.4 Å². The van der Waals surface area contributed by atoms with E-state index < -0.39 is 35.3 Å². The van der Waals surface area contributed by atoms with Gasteiger partial charge in [-0.3, -0.25) is 0 Å². The fraction of sp³-hybridized carbons (Fsp3) is 0.333. The molecule has 17 heavy (non-hydrogen) atoms. The fourth-order valence-corrected chi connectivity index (χ4v) is 1.32. The lowest BCUT2D eigenvalue weighted by molar-refractivity contribution is -0.141. The van der Waals surface area contributed by atoms with E-state index in [9.17, 15) is 22.0 Å². The summed E-state index contributed by atoms with van der Waals surface area (Å²) >= 11 is 5.26. The van der Waals surface area contributed by atoms with Crippen LogP contribution in [0.25, 0.3) is 0 Å². The zero-order chi connectivity index (χ0) is 13.2. The van der Waals surface area contributed by atoms with Crippen molar-refractivity contribution in [2.75, 3.05) is 0 Å². The summed E-state index contributed by atoms with van der Waals surface area (Å²) in [6, 6.07) is 1.80. The van der Waals surface area contributed by atoms with Crippen LogP contribution in [-0.4, -0.2) is 4.98 Å². The van der Waals surface area contributed by atoms with Crippen LogP contribution in [0.5, 0.6) is 0 Å². The van der Waals surface area contributed by atoms with E-state index >= 15 is 0 Å². The molecule has 0 radical (unpaired) electrons. The molecule has 0 saturated carbocycles. The van der Waals surface area contributed by atoms with Crippen LogP contribution in [0.1, 0.15) is 28.9 Å². The zero-order valence-electron chi connectivity index (χ0n) is 8.02. The van der Waals surface area contributed by atoms with Crippen molar-refractivity contribution in [1.82, 2.24) is 4.98 Å². The predicted molar refractivity (Wildman–Crippen MR) is 48.5 cm³/mol. The summed E-state index contributed by atoms with van der Waals surface area (Å²) in [7, 11) is 0. The van der Waals surface area contributed by atoms with Gasteiger partial charge < -0.3 is 0 Å². The Morgan fingerprint density at radius 3 is 2.35 bits per heavy atom. The molecular formula is C9H4ClF5N2. The lowest BCUT2D eigenvalue weighted by Crippen LogP contribution is -2.14. The lowest BCUT2D eigenvalue weighted by atomic mass is 10.1. The molecule has 1 rings (SSSR count). The van der Waals surface area contributed by atoms with Crippen molar-refractivity contribution in [1.29, 1.82) is 5.26 Å². The lowest BCUT2D eigenvalue weighted by Gasteiger charge is -2.12. The molecule has 0 aliphatic rings. The fourth-order valence-electron chi connectivity index (χ4n) is 1.18. The summed E-state index contributed by atoms with van der Waals surface area (Å²) in [6.07, 6.45) is -8.17. The number of pyridine rings is 1. The van der Waals surface area contributed by atoms with E-state index in [1.165, 1.54) is 0 Å². The highest BCUT2D eigenvalue weighted by atomic mass is 35.5. The van der Waals surface area contributed by atoms with Crippen LogP contribution < -0.4 is 0 Å². The minimum absolute atomic E-state index is 0.353. The van der Waals surface area contributed by atoms with E-state index in [4.69, 9.17) is 16.9 Å². The van der Waals surface area contributed by atoms with Crippen LogP contribution in [0.2, 0.25) is 0 Å². The second-order valence-electron chi connectivity index (χ2n) is 2.97. The Hall–Kier alpha value is -1.42. The van der Waals surface area contributed by atoms with E-state index in [1.54, 1.807) is 0 Å². The third-order valence-corrected chi connectivity index (χ3v) is 2.13. The highest BCUT2D eigenvalue weighted by molar-refractivity contribution is 6.16. The van der Waals surface area contributed by atoms with E-state index in [-0.39, 0.29) is 5.69 Å². The van der Waals surface area contributed by atoms with Gasteiger partial charge in [0.25, 0.3) is 6.43 Å². The van der Waals surface area contributed by atoms with Crippen LogP contribution in [-0.2, 0) is 12.1 Å². The summed E-state index contributed by atoms with van der Waals surface area (Å²) in [5.74, 6) is -0.450. The number of rotatable bonds is 2. The minimum Gasteiger partial charge on any atom is -0.246 e. The Labute approximate surface area is 97.6 Å². The van der Waals surface area contributed by atoms with Gasteiger partial charge in [-0.05, 0) is 6.07 Å². The smallest absolute Gasteiger partial charge is 0.246 e. The van der Waals surface area contributed by atoms with Crippen molar-refractivity contribution >= 4 is 11.6 Å². The summed E-state index contributed by atoms with van der Waals surface area (Å²) in [6.45, 7) is 0. The Morgan fingerprint density at radius 2 is 2.00 bits per heavy atom. The van der Waals surface area contributed by atoms with Gasteiger partial charge in [0.1, 0.15) is 6.07 Å². The van der Waals surface area contributed by atoms with Gasteiger partial charge in [-0.1, -0.05) is 0 Å². The summed E-state index contributed by atoms with van der Waals surface area (Å²) in [5, 5.41) is 8.52. The zero-order valence-corrected chi connectivity index (χ0v) is 8.78. The molecule has 2 nitrogen and oxygen atoms in total.